The molecule has 0 spiro atoms. The van der Waals surface area contributed by atoms with Gasteiger partial charge in [-0.15, -0.1) is 0 Å². The first kappa shape index (κ1) is 11.1. The van der Waals surface area contributed by atoms with E-state index in [2.05, 4.69) is 0 Å². The van der Waals surface area contributed by atoms with Crippen LogP contribution in [0.3, 0.4) is 0 Å². The molecule has 5 heteroatoms. The number of hydrogen-bond acceptors (Lipinski definition) is 3. The lowest BCUT2D eigenvalue weighted by molar-refractivity contribution is -0.125. The van der Waals surface area contributed by atoms with E-state index in [1.807, 2.05) is 6.92 Å². The molecule has 1 aliphatic carbocycles. The van der Waals surface area contributed by atoms with Crippen molar-refractivity contribution in [3.8, 4) is 0 Å². The Balaban J connectivity index is 2.33. The van der Waals surface area contributed by atoms with Gasteiger partial charge in [-0.1, -0.05) is 6.92 Å². The molecular weight excluding hydrogens is 214 g/mol. The quantitative estimate of drug-likeness (QED) is 0.665. The summed E-state index contributed by atoms with van der Waals surface area (Å²) in [4.78, 5) is 11.8. The standard InChI is InChI=1S/C10H17NO3S/c1-7-6-11(15(2,13)14)10-8(7)4-3-5-9(10)12/h7-8,10H,3-6H2,1-2H3/t7-,8+,10-/m0/s1. The molecule has 0 radical (unpaired) electrons. The van der Waals surface area contributed by atoms with Gasteiger partial charge in [-0.2, -0.15) is 4.31 Å². The molecule has 15 heavy (non-hydrogen) atoms. The Morgan fingerprint density at radius 3 is 2.67 bits per heavy atom. The summed E-state index contributed by atoms with van der Waals surface area (Å²) < 4.78 is 24.5. The van der Waals surface area contributed by atoms with Crippen LogP contribution in [0.15, 0.2) is 0 Å². The van der Waals surface area contributed by atoms with Crippen LogP contribution in [0.25, 0.3) is 0 Å². The average Bonchev–Trinajstić information content (AvgIpc) is 2.45. The second-order valence-corrected chi connectivity index (χ2v) is 6.71. The van der Waals surface area contributed by atoms with E-state index in [1.165, 1.54) is 10.6 Å². The number of ketones is 1. The largest absolute Gasteiger partial charge is 0.298 e. The third kappa shape index (κ3) is 1.83. The lowest BCUT2D eigenvalue weighted by atomic mass is 9.80. The number of nitrogens with zero attached hydrogens (tertiary/aromatic N) is 1. The maximum atomic E-state index is 11.8. The van der Waals surface area contributed by atoms with Gasteiger partial charge in [0.1, 0.15) is 0 Å². The van der Waals surface area contributed by atoms with Crippen LogP contribution in [0.4, 0.5) is 0 Å². The second-order valence-electron chi connectivity index (χ2n) is 4.78. The van der Waals surface area contributed by atoms with Crippen LogP contribution in [-0.4, -0.2) is 37.3 Å². The van der Waals surface area contributed by atoms with Crippen LogP contribution >= 0.6 is 0 Å². The van der Waals surface area contributed by atoms with Crippen LogP contribution in [-0.2, 0) is 14.8 Å². The zero-order valence-corrected chi connectivity index (χ0v) is 9.96. The SMILES string of the molecule is C[C@H]1CN(S(C)(=O)=O)[C@@H]2C(=O)CCC[C@@H]21. The van der Waals surface area contributed by atoms with E-state index in [0.29, 0.717) is 18.9 Å². The molecule has 1 heterocycles. The molecule has 4 nitrogen and oxygen atoms in total. The Labute approximate surface area is 90.7 Å². The Morgan fingerprint density at radius 2 is 2.07 bits per heavy atom. The zero-order valence-electron chi connectivity index (χ0n) is 9.14. The van der Waals surface area contributed by atoms with Gasteiger partial charge in [0, 0.05) is 13.0 Å². The van der Waals surface area contributed by atoms with Crippen molar-refractivity contribution >= 4 is 15.8 Å². The summed E-state index contributed by atoms with van der Waals surface area (Å²) in [6.07, 6.45) is 3.65. The molecule has 0 amide bonds. The Kier molecular flexibility index (Phi) is 2.63. The fraction of sp³-hybridized carbons (Fsp3) is 0.900. The van der Waals surface area contributed by atoms with Gasteiger partial charge in [0.15, 0.2) is 5.78 Å². The number of fused-ring (bicyclic) bond motifs is 1. The van der Waals surface area contributed by atoms with Gasteiger partial charge in [0.2, 0.25) is 10.0 Å². The molecule has 1 saturated heterocycles. The van der Waals surface area contributed by atoms with Crippen LogP contribution in [0, 0.1) is 11.8 Å². The fourth-order valence-corrected chi connectivity index (χ4v) is 4.09. The van der Waals surface area contributed by atoms with E-state index in [4.69, 9.17) is 0 Å². The molecule has 0 aromatic carbocycles. The molecule has 0 bridgehead atoms. The van der Waals surface area contributed by atoms with Crippen LogP contribution in [0.2, 0.25) is 0 Å². The van der Waals surface area contributed by atoms with Crippen molar-refractivity contribution in [3.05, 3.63) is 0 Å². The number of carbonyl (C=O) groups excluding carboxylic acids is 1. The summed E-state index contributed by atoms with van der Waals surface area (Å²) in [5.41, 5.74) is 0. The predicted octanol–water partition coefficient (Wildman–Crippen LogP) is 0.635. The summed E-state index contributed by atoms with van der Waals surface area (Å²) in [6, 6.07) is -0.358. The van der Waals surface area contributed by atoms with Crippen LogP contribution in [0.1, 0.15) is 26.2 Å². The van der Waals surface area contributed by atoms with Crippen molar-refractivity contribution in [1.82, 2.24) is 4.31 Å². The minimum Gasteiger partial charge on any atom is -0.298 e. The highest BCUT2D eigenvalue weighted by Crippen LogP contribution is 2.39. The first-order valence-corrected chi connectivity index (χ1v) is 7.25. The smallest absolute Gasteiger partial charge is 0.211 e. The molecule has 1 aliphatic heterocycles. The van der Waals surface area contributed by atoms with Gasteiger partial charge in [0.25, 0.3) is 0 Å². The van der Waals surface area contributed by atoms with Gasteiger partial charge >= 0.3 is 0 Å². The second kappa shape index (κ2) is 3.56. The number of carbonyl (C=O) groups is 1. The summed E-state index contributed by atoms with van der Waals surface area (Å²) in [5, 5.41) is 0. The first-order valence-electron chi connectivity index (χ1n) is 5.41. The highest BCUT2D eigenvalue weighted by Gasteiger charge is 2.48. The lowest BCUT2D eigenvalue weighted by Gasteiger charge is -2.29. The number of sulfonamides is 1. The fourth-order valence-electron chi connectivity index (χ4n) is 2.90. The number of hydrogen-bond donors (Lipinski definition) is 0. The van der Waals surface area contributed by atoms with Crippen molar-refractivity contribution in [2.45, 2.75) is 32.2 Å². The van der Waals surface area contributed by atoms with E-state index >= 15 is 0 Å². The Morgan fingerprint density at radius 1 is 1.40 bits per heavy atom. The average molecular weight is 231 g/mol. The molecule has 0 N–H and O–H groups in total. The third-order valence-corrected chi connectivity index (χ3v) is 4.86. The van der Waals surface area contributed by atoms with Gasteiger partial charge in [-0.3, -0.25) is 4.79 Å². The molecular formula is C10H17NO3S. The highest BCUT2D eigenvalue weighted by atomic mass is 32.2. The van der Waals surface area contributed by atoms with E-state index in [1.54, 1.807) is 0 Å². The van der Waals surface area contributed by atoms with Gasteiger partial charge in [-0.05, 0) is 24.7 Å². The minimum absolute atomic E-state index is 0.112. The summed E-state index contributed by atoms with van der Waals surface area (Å²) in [7, 11) is -3.23. The molecule has 0 aromatic heterocycles. The maximum Gasteiger partial charge on any atom is 0.211 e. The normalized spacial score (nSPS) is 38.0. The molecule has 2 aliphatic rings. The van der Waals surface area contributed by atoms with Crippen molar-refractivity contribution in [3.63, 3.8) is 0 Å². The molecule has 86 valence electrons. The van der Waals surface area contributed by atoms with Gasteiger partial charge in [-0.25, -0.2) is 8.42 Å². The number of rotatable bonds is 1. The monoisotopic (exact) mass is 231 g/mol. The molecule has 1 saturated carbocycles. The summed E-state index contributed by atoms with van der Waals surface area (Å²) >= 11 is 0. The third-order valence-electron chi connectivity index (χ3n) is 3.63. The van der Waals surface area contributed by atoms with Crippen molar-refractivity contribution in [1.29, 1.82) is 0 Å². The first-order chi connectivity index (χ1) is 6.91. The highest BCUT2D eigenvalue weighted by molar-refractivity contribution is 7.88. The number of Topliss-reactive ketones (excluding diaryl/α,β-unsaturated/α-hetero) is 1. The molecule has 0 aromatic rings. The Bertz CT molecular complexity index is 376. The van der Waals surface area contributed by atoms with Crippen molar-refractivity contribution < 1.29 is 13.2 Å². The predicted molar refractivity (Wildman–Crippen MR) is 56.8 cm³/mol. The van der Waals surface area contributed by atoms with E-state index in [9.17, 15) is 13.2 Å². The summed E-state index contributed by atoms with van der Waals surface area (Å²) in [6.45, 7) is 2.56. The van der Waals surface area contributed by atoms with Crippen LogP contribution < -0.4 is 0 Å². The molecule has 0 unspecified atom stereocenters. The van der Waals surface area contributed by atoms with E-state index in [0.717, 1.165) is 12.8 Å². The molecule has 3 atom stereocenters. The minimum atomic E-state index is -3.23. The maximum absolute atomic E-state index is 11.8. The molecule has 2 fully saturated rings. The molecule has 2 rings (SSSR count). The Hall–Kier alpha value is -0.420. The van der Waals surface area contributed by atoms with Crippen molar-refractivity contribution in [2.24, 2.45) is 11.8 Å². The van der Waals surface area contributed by atoms with Crippen molar-refractivity contribution in [2.75, 3.05) is 12.8 Å². The summed E-state index contributed by atoms with van der Waals surface area (Å²) in [5.74, 6) is 0.677. The van der Waals surface area contributed by atoms with E-state index in [-0.39, 0.29) is 17.7 Å². The van der Waals surface area contributed by atoms with Gasteiger partial charge < -0.3 is 0 Å². The lowest BCUT2D eigenvalue weighted by Crippen LogP contribution is -2.44. The topological polar surface area (TPSA) is 54.5 Å². The van der Waals surface area contributed by atoms with Gasteiger partial charge in [0.05, 0.1) is 12.3 Å². The zero-order chi connectivity index (χ0) is 11.2. The van der Waals surface area contributed by atoms with Crippen LogP contribution in [0.5, 0.6) is 0 Å². The van der Waals surface area contributed by atoms with E-state index < -0.39 is 10.0 Å².